The highest BCUT2D eigenvalue weighted by Crippen LogP contribution is 2.17. The topological polar surface area (TPSA) is 55.1 Å². The third kappa shape index (κ3) is 2.89. The standard InChI is InChI=1S/C15H13N5/c1-2-7-15(8-3-1)16-9-13-5-4-6-14(13)10-19-20-11-17-18-12-20/h1-12,16H/b13-9-,19-10+/i16+1,17+1,18+1,19+1,20+1/hD. The molecule has 5 heteroatoms. The van der Waals surface area contributed by atoms with E-state index in [1.54, 1.807) is 12.4 Å². The van der Waals surface area contributed by atoms with Gasteiger partial charge in [-0.2, -0.15) is 5.10 Å². The molecule has 1 heterocycles. The molecule has 0 atom stereocenters. The minimum atomic E-state index is 0.806. The number of nitrogens with one attached hydrogen (secondary N) is 1. The zero-order chi connectivity index (χ0) is 14.5. The maximum absolute atomic E-state index is 8.07. The number of nitrogens with zero attached hydrogens (tertiary/aromatic N) is 4. The van der Waals surface area contributed by atoms with Crippen LogP contribution < -0.4 is 5.31 Å². The second-order valence-electron chi connectivity index (χ2n) is 4.12. The van der Waals surface area contributed by atoms with E-state index in [4.69, 9.17) is 1.41 Å². The number of benzene rings is 1. The maximum Gasteiger partial charge on any atom is 0.166 e. The van der Waals surface area contributed by atoms with Crippen molar-refractivity contribution in [1.29, 1.82) is 0 Å². The van der Waals surface area contributed by atoms with Crippen LogP contribution >= 0.6 is 0 Å². The van der Waals surface area contributed by atoms with Gasteiger partial charge in [0.05, 0.1) is 6.21 Å². The van der Waals surface area contributed by atoms with E-state index in [9.17, 15) is 0 Å². The van der Waals surface area contributed by atoms with Gasteiger partial charge in [0.2, 0.25) is 0 Å². The van der Waals surface area contributed by atoms with Crippen LogP contribution in [0.25, 0.3) is 0 Å². The van der Waals surface area contributed by atoms with Crippen LogP contribution in [0.15, 0.2) is 83.7 Å². The van der Waals surface area contributed by atoms with Gasteiger partial charge in [0.25, 0.3) is 0 Å². The van der Waals surface area contributed by atoms with Crippen molar-refractivity contribution in [3.05, 3.63) is 78.6 Å². The molecule has 0 aliphatic heterocycles. The summed E-state index contributed by atoms with van der Waals surface area (Å²) < 4.78 is 9.59. The fraction of sp³-hybridized carbons (Fsp3) is 0. The molecule has 1 aromatic carbocycles. The van der Waals surface area contributed by atoms with Gasteiger partial charge in [-0.05, 0) is 17.7 Å². The molecular formula is C15H13N5. The molecule has 0 amide bonds. The third-order valence-electron chi connectivity index (χ3n) is 2.73. The number of hydrogen-bond donors (Lipinski definition) is 1. The Morgan fingerprint density at radius 3 is 2.80 bits per heavy atom. The van der Waals surface area contributed by atoms with Crippen LogP contribution in [0.1, 0.15) is 0 Å². The fourth-order valence-electron chi connectivity index (χ4n) is 1.72. The zero-order valence-corrected chi connectivity index (χ0v) is 10.7. The van der Waals surface area contributed by atoms with E-state index < -0.39 is 0 Å². The van der Waals surface area contributed by atoms with E-state index in [1.807, 2.05) is 48.6 Å². The first kappa shape index (κ1) is 10.9. The van der Waals surface area contributed by atoms with Crippen molar-refractivity contribution >= 4 is 11.9 Å². The molecule has 1 aliphatic rings. The minimum Gasteiger partial charge on any atom is -0.361 e. The summed E-state index contributed by atoms with van der Waals surface area (Å²) in [5.41, 5.74) is 2.66. The van der Waals surface area contributed by atoms with Crippen molar-refractivity contribution < 1.29 is 1.41 Å². The molecule has 98 valence electrons. The van der Waals surface area contributed by atoms with Crippen molar-refractivity contribution in [1.82, 2.24) is 14.9 Å². The largest absolute Gasteiger partial charge is 0.361 e. The Hall–Kier alpha value is -2.95. The van der Waals surface area contributed by atoms with Crippen molar-refractivity contribution in [2.24, 2.45) is 5.10 Å². The van der Waals surface area contributed by atoms with Crippen LogP contribution in [0.4, 0.5) is 5.69 Å². The zero-order valence-electron chi connectivity index (χ0n) is 11.7. The Morgan fingerprint density at radius 1 is 1.20 bits per heavy atom. The Morgan fingerprint density at radius 2 is 2.00 bits per heavy atom. The normalized spacial score (nSPS) is 16.7. The summed E-state index contributed by atoms with van der Waals surface area (Å²) >= 11 is 0. The highest BCUT2D eigenvalue weighted by atomic mass is 16.3. The van der Waals surface area contributed by atoms with Crippen LogP contribution in [-0.4, -0.2) is 21.1 Å². The average Bonchev–Trinajstić information content (AvgIpc) is 3.17. The number of aromatic nitrogens is 3. The van der Waals surface area contributed by atoms with Crippen molar-refractivity contribution in [2.45, 2.75) is 0 Å². The number of allylic oxidation sites excluding steroid dienone is 5. The van der Waals surface area contributed by atoms with Crippen LogP contribution in [0.2, 0.25) is 1.41 Å². The smallest absolute Gasteiger partial charge is 0.166 e. The lowest BCUT2D eigenvalue weighted by Gasteiger charge is -2.02. The molecule has 3 rings (SSSR count). The number of anilines is 1. The van der Waals surface area contributed by atoms with Crippen LogP contribution in [0.3, 0.4) is 0 Å². The Kier molecular flexibility index (Phi) is 3.16. The number of rotatable bonds is 4. The highest BCUT2D eigenvalue weighted by Gasteiger charge is 2.03. The number of hydrogen-bond acceptors (Lipinski definition) is 4. The lowest BCUT2D eigenvalue weighted by molar-refractivity contribution is 0.878. The van der Waals surface area contributed by atoms with E-state index >= 15 is 0 Å². The molecule has 1 aromatic heterocycles. The summed E-state index contributed by atoms with van der Waals surface area (Å²) in [4.78, 5) is 0. The van der Waals surface area contributed by atoms with Gasteiger partial charge in [0.1, 0.15) is 12.7 Å². The van der Waals surface area contributed by atoms with Crippen molar-refractivity contribution in [3.8, 4) is 0 Å². The molecule has 0 radical (unpaired) electrons. The maximum atomic E-state index is 8.07. The van der Waals surface area contributed by atoms with Gasteiger partial charge in [-0.15, -0.1) is 10.2 Å². The predicted octanol–water partition coefficient (Wildman–Crippen LogP) is 2.60. The highest BCUT2D eigenvalue weighted by molar-refractivity contribution is 5.88. The second kappa shape index (κ2) is 5.79. The molecule has 20 heavy (non-hydrogen) atoms. The summed E-state index contributed by atoms with van der Waals surface area (Å²) in [5.74, 6) is 0. The lowest BCUT2D eigenvalue weighted by atomic mass is 10.2. The van der Waals surface area contributed by atoms with Crippen molar-refractivity contribution in [3.63, 3.8) is 0 Å². The van der Waals surface area contributed by atoms with E-state index in [1.165, 1.54) is 22.6 Å². The van der Waals surface area contributed by atoms with Gasteiger partial charge < -0.3 is 5.31 Å². The van der Waals surface area contributed by atoms with Gasteiger partial charge in [0.15, 0.2) is 1.41 Å². The molecule has 1 aliphatic carbocycles. The minimum absolute atomic E-state index is 0.806. The van der Waals surface area contributed by atoms with E-state index in [2.05, 4.69) is 15.3 Å². The van der Waals surface area contributed by atoms with Gasteiger partial charge in [0, 0.05) is 17.5 Å². The average molecular weight is 269 g/mol. The van der Waals surface area contributed by atoms with Gasteiger partial charge in [-0.25, -0.2) is 4.68 Å². The molecule has 0 spiro atoms. The fourth-order valence-corrected chi connectivity index (χ4v) is 1.72. The molecule has 0 unspecified atom stereocenters. The predicted molar refractivity (Wildman–Crippen MR) is 79.3 cm³/mol. The van der Waals surface area contributed by atoms with Crippen molar-refractivity contribution in [2.75, 3.05) is 5.31 Å². The van der Waals surface area contributed by atoms with E-state index in [0.29, 0.717) is 0 Å². The third-order valence-corrected chi connectivity index (χ3v) is 2.73. The molecule has 0 saturated carbocycles. The summed E-state index contributed by atoms with van der Waals surface area (Å²) in [7, 11) is 0. The van der Waals surface area contributed by atoms with E-state index in [-0.39, 0.29) is 0 Å². The Bertz CT molecular complexity index is 714. The first-order chi connectivity index (χ1) is 10.3. The van der Waals surface area contributed by atoms with Gasteiger partial charge >= 0.3 is 0 Å². The van der Waals surface area contributed by atoms with Crippen LogP contribution in [-0.2, 0) is 0 Å². The Balaban J connectivity index is 1.77. The quantitative estimate of drug-likeness (QED) is 0.685. The van der Waals surface area contributed by atoms with Crippen LogP contribution in [0.5, 0.6) is 0 Å². The lowest BCUT2D eigenvalue weighted by Crippen LogP contribution is -1.94. The number of para-hydroxylation sites is 1. The summed E-state index contributed by atoms with van der Waals surface area (Å²) in [6.45, 7) is 0. The molecule has 0 bridgehead atoms. The molecule has 2 aromatic rings. The molecular weight excluding hydrogens is 255 g/mol. The SMILES string of the molecule is [2H][15N](/C=C1/C=CC=C1/C=[15N]/[15n]1c[15n][15n]c1)c1ccccc1. The summed E-state index contributed by atoms with van der Waals surface area (Å²) in [5, 5.41) is 12.9. The summed E-state index contributed by atoms with van der Waals surface area (Å²) in [6, 6.07) is 9.51. The van der Waals surface area contributed by atoms with Gasteiger partial charge in [-0.3, -0.25) is 0 Å². The van der Waals surface area contributed by atoms with Crippen LogP contribution in [0, 0.1) is 0 Å². The van der Waals surface area contributed by atoms with Gasteiger partial charge in [-0.1, -0.05) is 36.4 Å². The first-order valence-electron chi connectivity index (χ1n) is 6.60. The molecule has 5 nitrogen and oxygen atoms in total. The second-order valence-corrected chi connectivity index (χ2v) is 4.12. The molecule has 1 N–H and O–H groups in total. The monoisotopic (exact) mass is 269 g/mol. The molecule has 0 saturated heterocycles. The molecule has 0 fully saturated rings. The Labute approximate surface area is 118 Å². The summed E-state index contributed by atoms with van der Waals surface area (Å²) in [6.07, 6.45) is 12.3. The first-order valence-corrected chi connectivity index (χ1v) is 6.15. The van der Waals surface area contributed by atoms with E-state index in [0.717, 1.165) is 16.8 Å².